The number of terminal acetylenes is 1. The van der Waals surface area contributed by atoms with E-state index in [1.165, 1.54) is 0 Å². The maximum Gasteiger partial charge on any atom is 0.258 e. The van der Waals surface area contributed by atoms with Gasteiger partial charge in [0.25, 0.3) is 5.91 Å². The fraction of sp³-hybridized carbons (Fsp3) is 0.235. The largest absolute Gasteiger partial charge is 0.483 e. The first-order chi connectivity index (χ1) is 10.1. The van der Waals surface area contributed by atoms with Crippen molar-refractivity contribution in [1.29, 1.82) is 0 Å². The molecule has 1 amide bonds. The SMILES string of the molecule is C#CCNC(=O)COc1c([C@@H](C)N)ccc2ccccc12. The van der Waals surface area contributed by atoms with Crippen molar-refractivity contribution in [1.82, 2.24) is 5.32 Å². The third kappa shape index (κ3) is 3.53. The van der Waals surface area contributed by atoms with E-state index in [1.807, 2.05) is 43.3 Å². The maximum atomic E-state index is 11.6. The van der Waals surface area contributed by atoms with E-state index in [-0.39, 0.29) is 25.1 Å². The lowest BCUT2D eigenvalue weighted by Gasteiger charge is -2.16. The molecule has 0 saturated carbocycles. The zero-order valence-electron chi connectivity index (χ0n) is 11.9. The van der Waals surface area contributed by atoms with Gasteiger partial charge in [-0.25, -0.2) is 0 Å². The van der Waals surface area contributed by atoms with Crippen molar-refractivity contribution in [2.75, 3.05) is 13.2 Å². The maximum absolute atomic E-state index is 11.6. The van der Waals surface area contributed by atoms with Gasteiger partial charge in [-0.3, -0.25) is 4.79 Å². The monoisotopic (exact) mass is 282 g/mol. The Morgan fingerprint density at radius 2 is 2.14 bits per heavy atom. The summed E-state index contributed by atoms with van der Waals surface area (Å²) in [5.74, 6) is 2.75. The second kappa shape index (κ2) is 6.78. The van der Waals surface area contributed by atoms with Crippen LogP contribution >= 0.6 is 0 Å². The van der Waals surface area contributed by atoms with Crippen LogP contribution in [0, 0.1) is 12.3 Å². The Hall–Kier alpha value is -2.51. The molecule has 3 N–H and O–H groups in total. The van der Waals surface area contributed by atoms with Crippen molar-refractivity contribution in [3.05, 3.63) is 42.0 Å². The van der Waals surface area contributed by atoms with Gasteiger partial charge in [0.1, 0.15) is 5.75 Å². The standard InChI is InChI=1S/C17H18N2O2/c1-3-10-19-16(20)11-21-17-14(12(2)18)9-8-13-6-4-5-7-15(13)17/h1,4-9,12H,10-11,18H2,2H3,(H,19,20)/t12-/m1/s1. The van der Waals surface area contributed by atoms with Gasteiger partial charge in [0, 0.05) is 17.0 Å². The van der Waals surface area contributed by atoms with Crippen molar-refractivity contribution >= 4 is 16.7 Å². The number of ether oxygens (including phenoxy) is 1. The van der Waals surface area contributed by atoms with Crippen LogP contribution in [0.2, 0.25) is 0 Å². The molecule has 0 aliphatic heterocycles. The van der Waals surface area contributed by atoms with E-state index in [1.54, 1.807) is 0 Å². The van der Waals surface area contributed by atoms with E-state index < -0.39 is 0 Å². The van der Waals surface area contributed by atoms with Gasteiger partial charge in [-0.15, -0.1) is 6.42 Å². The molecule has 0 saturated heterocycles. The van der Waals surface area contributed by atoms with Crippen LogP contribution in [0.3, 0.4) is 0 Å². The Bertz CT molecular complexity index is 687. The molecule has 2 rings (SSSR count). The molecule has 2 aromatic rings. The Labute approximate surface area is 124 Å². The Kier molecular flexibility index (Phi) is 4.81. The van der Waals surface area contributed by atoms with Gasteiger partial charge in [0.2, 0.25) is 0 Å². The first-order valence-electron chi connectivity index (χ1n) is 6.73. The number of amides is 1. The van der Waals surface area contributed by atoms with Crippen molar-refractivity contribution in [2.24, 2.45) is 5.73 Å². The van der Waals surface area contributed by atoms with Gasteiger partial charge in [-0.1, -0.05) is 42.3 Å². The topological polar surface area (TPSA) is 64.3 Å². The molecule has 0 aromatic heterocycles. The van der Waals surface area contributed by atoms with Crippen molar-refractivity contribution < 1.29 is 9.53 Å². The Morgan fingerprint density at radius 3 is 2.86 bits per heavy atom. The van der Waals surface area contributed by atoms with Crippen LogP contribution in [0.5, 0.6) is 5.75 Å². The molecular weight excluding hydrogens is 264 g/mol. The van der Waals surface area contributed by atoms with Gasteiger partial charge in [-0.05, 0) is 12.3 Å². The predicted molar refractivity (Wildman–Crippen MR) is 83.9 cm³/mol. The van der Waals surface area contributed by atoms with Gasteiger partial charge in [-0.2, -0.15) is 0 Å². The van der Waals surface area contributed by atoms with Gasteiger partial charge in [0.05, 0.1) is 6.54 Å². The minimum Gasteiger partial charge on any atom is -0.483 e. The van der Waals surface area contributed by atoms with Crippen LogP contribution < -0.4 is 15.8 Å². The molecule has 0 radical (unpaired) electrons. The van der Waals surface area contributed by atoms with E-state index >= 15 is 0 Å². The van der Waals surface area contributed by atoms with Crippen LogP contribution in [0.25, 0.3) is 10.8 Å². The minimum atomic E-state index is -0.253. The molecule has 0 heterocycles. The van der Waals surface area contributed by atoms with E-state index in [4.69, 9.17) is 16.9 Å². The van der Waals surface area contributed by atoms with Crippen LogP contribution in [0.1, 0.15) is 18.5 Å². The summed E-state index contributed by atoms with van der Waals surface area (Å²) in [5.41, 5.74) is 6.86. The molecule has 0 fully saturated rings. The number of carbonyl (C=O) groups is 1. The van der Waals surface area contributed by atoms with Gasteiger partial charge >= 0.3 is 0 Å². The predicted octanol–water partition coefficient (Wildman–Crippen LogP) is 1.99. The Morgan fingerprint density at radius 1 is 1.38 bits per heavy atom. The average Bonchev–Trinajstić information content (AvgIpc) is 2.50. The highest BCUT2D eigenvalue weighted by Gasteiger charge is 2.13. The fourth-order valence-corrected chi connectivity index (χ4v) is 2.12. The number of fused-ring (bicyclic) bond motifs is 1. The molecule has 0 spiro atoms. The number of carbonyl (C=O) groups excluding carboxylic acids is 1. The average molecular weight is 282 g/mol. The summed E-state index contributed by atoms with van der Waals surface area (Å²) in [7, 11) is 0. The number of rotatable bonds is 5. The smallest absolute Gasteiger partial charge is 0.258 e. The lowest BCUT2D eigenvalue weighted by molar-refractivity contribution is -0.122. The lowest BCUT2D eigenvalue weighted by Crippen LogP contribution is -2.29. The summed E-state index contributed by atoms with van der Waals surface area (Å²) in [6, 6.07) is 11.6. The lowest BCUT2D eigenvalue weighted by atomic mass is 10.0. The van der Waals surface area contributed by atoms with E-state index in [9.17, 15) is 4.79 Å². The normalized spacial score (nSPS) is 11.7. The van der Waals surface area contributed by atoms with Crippen LogP contribution in [-0.4, -0.2) is 19.1 Å². The number of benzene rings is 2. The second-order valence-corrected chi connectivity index (χ2v) is 4.76. The third-order valence-electron chi connectivity index (χ3n) is 3.14. The Balaban J connectivity index is 2.29. The summed E-state index contributed by atoms with van der Waals surface area (Å²) < 4.78 is 5.71. The first kappa shape index (κ1) is 14.9. The number of nitrogens with two attached hydrogens (primary N) is 1. The van der Waals surface area contributed by atoms with Crippen LogP contribution in [-0.2, 0) is 4.79 Å². The minimum absolute atomic E-state index is 0.0879. The number of nitrogens with one attached hydrogen (secondary N) is 1. The second-order valence-electron chi connectivity index (χ2n) is 4.76. The first-order valence-corrected chi connectivity index (χ1v) is 6.73. The highest BCUT2D eigenvalue weighted by molar-refractivity contribution is 5.90. The summed E-state index contributed by atoms with van der Waals surface area (Å²) in [5, 5.41) is 4.55. The summed E-state index contributed by atoms with van der Waals surface area (Å²) in [6.45, 7) is 1.99. The van der Waals surface area contributed by atoms with Crippen molar-refractivity contribution in [3.63, 3.8) is 0 Å². The number of hydrogen-bond acceptors (Lipinski definition) is 3. The molecule has 0 aliphatic carbocycles. The van der Waals surface area contributed by atoms with E-state index in [0.29, 0.717) is 5.75 Å². The fourth-order valence-electron chi connectivity index (χ4n) is 2.12. The van der Waals surface area contributed by atoms with Gasteiger partial charge < -0.3 is 15.8 Å². The van der Waals surface area contributed by atoms with Crippen molar-refractivity contribution in [3.8, 4) is 18.1 Å². The molecule has 0 aliphatic rings. The molecular formula is C17H18N2O2. The summed E-state index contributed by atoms with van der Waals surface area (Å²) in [4.78, 5) is 11.6. The highest BCUT2D eigenvalue weighted by atomic mass is 16.5. The van der Waals surface area contributed by atoms with Crippen molar-refractivity contribution in [2.45, 2.75) is 13.0 Å². The zero-order valence-corrected chi connectivity index (χ0v) is 11.9. The quantitative estimate of drug-likeness (QED) is 0.824. The molecule has 1 atom stereocenters. The van der Waals surface area contributed by atoms with E-state index in [2.05, 4.69) is 11.2 Å². The molecule has 21 heavy (non-hydrogen) atoms. The molecule has 4 nitrogen and oxygen atoms in total. The molecule has 0 unspecified atom stereocenters. The summed E-state index contributed by atoms with van der Waals surface area (Å²) in [6.07, 6.45) is 5.10. The van der Waals surface area contributed by atoms with Crippen LogP contribution in [0.15, 0.2) is 36.4 Å². The zero-order chi connectivity index (χ0) is 15.2. The summed E-state index contributed by atoms with van der Waals surface area (Å²) >= 11 is 0. The van der Waals surface area contributed by atoms with Gasteiger partial charge in [0.15, 0.2) is 6.61 Å². The third-order valence-corrected chi connectivity index (χ3v) is 3.14. The highest BCUT2D eigenvalue weighted by Crippen LogP contribution is 2.32. The number of hydrogen-bond donors (Lipinski definition) is 2. The van der Waals surface area contributed by atoms with E-state index in [0.717, 1.165) is 16.3 Å². The molecule has 4 heteroatoms. The molecule has 108 valence electrons. The molecule has 0 bridgehead atoms. The van der Waals surface area contributed by atoms with Crippen LogP contribution in [0.4, 0.5) is 0 Å². The molecule has 2 aromatic carbocycles.